The van der Waals surface area contributed by atoms with E-state index in [1.165, 1.54) is 18.2 Å². The number of hydrogen-bond acceptors (Lipinski definition) is 5. The van der Waals surface area contributed by atoms with Crippen LogP contribution in [0.15, 0.2) is 30.3 Å². The summed E-state index contributed by atoms with van der Waals surface area (Å²) in [7, 11) is 0. The number of aromatic hydroxyl groups is 4. The topological polar surface area (TPSA) is 90.2 Å². The third-order valence-corrected chi connectivity index (χ3v) is 3.18. The van der Waals surface area contributed by atoms with Crippen LogP contribution in [0.25, 0.3) is 11.6 Å². The van der Waals surface area contributed by atoms with Gasteiger partial charge in [0.25, 0.3) is 0 Å². The van der Waals surface area contributed by atoms with Crippen LogP contribution in [0.5, 0.6) is 28.7 Å². The van der Waals surface area contributed by atoms with Gasteiger partial charge < -0.3 is 25.2 Å². The zero-order chi connectivity index (χ0) is 14.3. The monoisotopic (exact) mass is 272 g/mol. The number of para-hydroxylation sites is 1. The summed E-state index contributed by atoms with van der Waals surface area (Å²) < 4.78 is 5.49. The van der Waals surface area contributed by atoms with E-state index in [9.17, 15) is 20.4 Å². The van der Waals surface area contributed by atoms with Gasteiger partial charge in [-0.15, -0.1) is 0 Å². The van der Waals surface area contributed by atoms with Crippen molar-refractivity contribution in [2.24, 2.45) is 0 Å². The second-order valence-electron chi connectivity index (χ2n) is 4.51. The minimum Gasteiger partial charge on any atom is -0.504 e. The molecule has 0 aliphatic carbocycles. The predicted octanol–water partition coefficient (Wildman–Crippen LogP) is 2.44. The average molecular weight is 272 g/mol. The molecular weight excluding hydrogens is 260 g/mol. The Kier molecular flexibility index (Phi) is 2.68. The maximum Gasteiger partial charge on any atom is 0.165 e. The highest BCUT2D eigenvalue weighted by Crippen LogP contribution is 2.40. The molecule has 0 aromatic heterocycles. The van der Waals surface area contributed by atoms with E-state index in [0.717, 1.165) is 0 Å². The van der Waals surface area contributed by atoms with Crippen LogP contribution in [0.1, 0.15) is 11.1 Å². The lowest BCUT2D eigenvalue weighted by Gasteiger charge is -2.19. The van der Waals surface area contributed by atoms with E-state index in [4.69, 9.17) is 4.74 Å². The molecule has 0 saturated heterocycles. The molecule has 0 atom stereocenters. The molecule has 1 heterocycles. The van der Waals surface area contributed by atoms with Gasteiger partial charge in [-0.1, -0.05) is 12.1 Å². The summed E-state index contributed by atoms with van der Waals surface area (Å²) in [5, 5.41) is 38.3. The molecule has 5 nitrogen and oxygen atoms in total. The minimum atomic E-state index is -0.249. The number of ether oxygens (including phenoxy) is 1. The summed E-state index contributed by atoms with van der Waals surface area (Å²) in [6.45, 7) is 0.189. The van der Waals surface area contributed by atoms with Crippen LogP contribution in [0.2, 0.25) is 0 Å². The number of phenols is 4. The quantitative estimate of drug-likeness (QED) is 0.599. The first-order valence-corrected chi connectivity index (χ1v) is 5.97. The molecule has 0 bridgehead atoms. The van der Waals surface area contributed by atoms with Crippen molar-refractivity contribution in [3.8, 4) is 28.7 Å². The van der Waals surface area contributed by atoms with Crippen molar-refractivity contribution in [2.45, 2.75) is 0 Å². The van der Waals surface area contributed by atoms with Crippen molar-refractivity contribution in [2.75, 3.05) is 6.61 Å². The zero-order valence-electron chi connectivity index (χ0n) is 10.4. The van der Waals surface area contributed by atoms with E-state index >= 15 is 0 Å². The van der Waals surface area contributed by atoms with Crippen LogP contribution in [0.4, 0.5) is 0 Å². The molecular formula is C15H12O5. The first-order chi connectivity index (χ1) is 9.56. The molecule has 3 rings (SSSR count). The molecule has 2 aromatic carbocycles. The normalized spacial score (nSPS) is 13.3. The number of rotatable bonds is 1. The molecule has 4 N–H and O–H groups in total. The second kappa shape index (κ2) is 4.38. The van der Waals surface area contributed by atoms with Crippen LogP contribution in [-0.4, -0.2) is 27.0 Å². The fourth-order valence-corrected chi connectivity index (χ4v) is 2.14. The number of fused-ring (bicyclic) bond motifs is 1. The van der Waals surface area contributed by atoms with E-state index in [1.54, 1.807) is 18.2 Å². The van der Waals surface area contributed by atoms with Crippen molar-refractivity contribution >= 4 is 11.6 Å². The van der Waals surface area contributed by atoms with Crippen LogP contribution < -0.4 is 4.74 Å². The Balaban J connectivity index is 2.10. The third-order valence-electron chi connectivity index (χ3n) is 3.18. The zero-order valence-corrected chi connectivity index (χ0v) is 10.4. The van der Waals surface area contributed by atoms with Gasteiger partial charge >= 0.3 is 0 Å². The first kappa shape index (κ1) is 12.2. The molecule has 0 unspecified atom stereocenters. The van der Waals surface area contributed by atoms with Crippen molar-refractivity contribution in [3.05, 3.63) is 41.5 Å². The summed E-state index contributed by atoms with van der Waals surface area (Å²) in [4.78, 5) is 0. The lowest BCUT2D eigenvalue weighted by molar-refractivity contribution is 0.354. The van der Waals surface area contributed by atoms with Gasteiger partial charge in [-0.25, -0.2) is 0 Å². The maximum absolute atomic E-state index is 9.86. The first-order valence-electron chi connectivity index (χ1n) is 5.97. The Bertz CT molecular complexity index is 718. The molecule has 0 spiro atoms. The van der Waals surface area contributed by atoms with Crippen molar-refractivity contribution in [1.82, 2.24) is 0 Å². The summed E-state index contributed by atoms with van der Waals surface area (Å²) in [6.07, 6.45) is 1.73. The van der Waals surface area contributed by atoms with E-state index in [0.29, 0.717) is 22.4 Å². The molecule has 2 aromatic rings. The molecule has 0 amide bonds. The van der Waals surface area contributed by atoms with Crippen LogP contribution in [-0.2, 0) is 0 Å². The molecule has 102 valence electrons. The lowest BCUT2D eigenvalue weighted by Crippen LogP contribution is -2.06. The fraction of sp³-hybridized carbons (Fsp3) is 0.0667. The molecule has 5 heteroatoms. The van der Waals surface area contributed by atoms with E-state index in [1.807, 2.05) is 0 Å². The molecule has 1 aliphatic heterocycles. The Hall–Kier alpha value is -2.82. The highest BCUT2D eigenvalue weighted by Gasteiger charge is 2.18. The van der Waals surface area contributed by atoms with Crippen molar-refractivity contribution in [1.29, 1.82) is 0 Å². The maximum atomic E-state index is 9.86. The molecule has 0 fully saturated rings. The van der Waals surface area contributed by atoms with Gasteiger partial charge in [-0.3, -0.25) is 0 Å². The van der Waals surface area contributed by atoms with Gasteiger partial charge in [-0.05, 0) is 18.2 Å². The van der Waals surface area contributed by atoms with Gasteiger partial charge in [0.15, 0.2) is 23.0 Å². The molecule has 1 aliphatic rings. The lowest BCUT2D eigenvalue weighted by atomic mass is 9.99. The predicted molar refractivity (Wildman–Crippen MR) is 72.9 cm³/mol. The van der Waals surface area contributed by atoms with E-state index in [-0.39, 0.29) is 29.6 Å². The molecule has 0 saturated carbocycles. The summed E-state index contributed by atoms with van der Waals surface area (Å²) in [5.41, 5.74) is 1.71. The van der Waals surface area contributed by atoms with Gasteiger partial charge in [0.1, 0.15) is 12.4 Å². The third kappa shape index (κ3) is 1.89. The smallest absolute Gasteiger partial charge is 0.165 e. The van der Waals surface area contributed by atoms with Gasteiger partial charge in [-0.2, -0.15) is 0 Å². The minimum absolute atomic E-state index is 0.189. The summed E-state index contributed by atoms with van der Waals surface area (Å²) in [6, 6.07) is 7.38. The molecule has 20 heavy (non-hydrogen) atoms. The SMILES string of the molecule is Oc1cc2c(cc1O)OCC(c1cccc(O)c1O)=C2. The Morgan fingerprint density at radius 3 is 2.45 bits per heavy atom. The van der Waals surface area contributed by atoms with E-state index in [2.05, 4.69) is 0 Å². The number of phenolic OH excluding ortho intramolecular Hbond substituents is 4. The Morgan fingerprint density at radius 1 is 0.900 bits per heavy atom. The van der Waals surface area contributed by atoms with E-state index < -0.39 is 0 Å². The van der Waals surface area contributed by atoms with Crippen LogP contribution in [0.3, 0.4) is 0 Å². The summed E-state index contributed by atoms with van der Waals surface area (Å²) >= 11 is 0. The van der Waals surface area contributed by atoms with Crippen LogP contribution in [0, 0.1) is 0 Å². The van der Waals surface area contributed by atoms with Crippen LogP contribution >= 0.6 is 0 Å². The fourth-order valence-electron chi connectivity index (χ4n) is 2.14. The van der Waals surface area contributed by atoms with Gasteiger partial charge in [0, 0.05) is 22.8 Å². The highest BCUT2D eigenvalue weighted by molar-refractivity contribution is 5.88. The second-order valence-corrected chi connectivity index (χ2v) is 4.51. The summed E-state index contributed by atoms with van der Waals surface area (Å²) in [5.74, 6) is -0.467. The van der Waals surface area contributed by atoms with Gasteiger partial charge in [0.2, 0.25) is 0 Å². The molecule has 0 radical (unpaired) electrons. The number of benzene rings is 2. The largest absolute Gasteiger partial charge is 0.504 e. The van der Waals surface area contributed by atoms with Crippen molar-refractivity contribution < 1.29 is 25.2 Å². The standard InChI is InChI=1S/C15H12O5/c16-11-3-1-2-10(15(11)19)9-4-8-5-12(17)13(18)6-14(8)20-7-9/h1-6,16-19H,7H2. The Labute approximate surface area is 114 Å². The van der Waals surface area contributed by atoms with Gasteiger partial charge in [0.05, 0.1) is 0 Å². The number of hydrogen-bond donors (Lipinski definition) is 4. The highest BCUT2D eigenvalue weighted by atomic mass is 16.5. The average Bonchev–Trinajstić information content (AvgIpc) is 2.43. The van der Waals surface area contributed by atoms with Crippen molar-refractivity contribution in [3.63, 3.8) is 0 Å². The Morgan fingerprint density at radius 2 is 1.65 bits per heavy atom.